The molecule has 0 N–H and O–H groups in total. The molecule has 0 nitrogen and oxygen atoms in total. The smallest absolute Gasteiger partial charge is 0.0642 e. The number of aryl methyl sites for hydroxylation is 2. The molecular weight excluding hydrogens is 208 g/mol. The van der Waals surface area contributed by atoms with Crippen molar-refractivity contribution in [3.05, 3.63) is 59.7 Å². The Balaban J connectivity index is 2.35. The minimum atomic E-state index is -0.975. The van der Waals surface area contributed by atoms with Crippen LogP contribution in [0, 0.1) is 13.8 Å². The first-order valence-corrected chi connectivity index (χ1v) is 8.11. The van der Waals surface area contributed by atoms with E-state index in [1.807, 2.05) is 0 Å². The maximum atomic E-state index is 2.41. The van der Waals surface area contributed by atoms with Crippen molar-refractivity contribution in [3.8, 4) is 0 Å². The van der Waals surface area contributed by atoms with E-state index in [4.69, 9.17) is 0 Å². The van der Waals surface area contributed by atoms with E-state index in [0.29, 0.717) is 0 Å². The predicted octanol–water partition coefficient (Wildman–Crippen LogP) is 2.27. The van der Waals surface area contributed by atoms with E-state index in [-0.39, 0.29) is 0 Å². The first kappa shape index (κ1) is 11.2. The van der Waals surface area contributed by atoms with Gasteiger partial charge in [0, 0.05) is 0 Å². The van der Waals surface area contributed by atoms with Gasteiger partial charge in [-0.1, -0.05) is 76.6 Å². The Hall–Kier alpha value is -1.34. The molecule has 0 spiro atoms. The van der Waals surface area contributed by atoms with Crippen molar-refractivity contribution in [1.29, 1.82) is 0 Å². The standard InChI is InChI=1S/C15H18Si/c1-12-6-4-8-14(10-12)16(3)15-9-5-7-13(2)11-15/h4-11,16H,1-3H3. The van der Waals surface area contributed by atoms with Crippen molar-refractivity contribution < 1.29 is 0 Å². The molecule has 0 aliphatic heterocycles. The van der Waals surface area contributed by atoms with Gasteiger partial charge in [-0.15, -0.1) is 0 Å². The molecule has 0 aliphatic rings. The van der Waals surface area contributed by atoms with Gasteiger partial charge in [0.15, 0.2) is 0 Å². The normalized spacial score (nSPS) is 10.8. The van der Waals surface area contributed by atoms with E-state index in [0.717, 1.165) is 0 Å². The molecule has 1 heteroatoms. The summed E-state index contributed by atoms with van der Waals surface area (Å²) in [6.07, 6.45) is 0. The van der Waals surface area contributed by atoms with Crippen LogP contribution < -0.4 is 10.4 Å². The SMILES string of the molecule is Cc1cccc([SiH](C)c2cccc(C)c2)c1. The molecule has 0 bridgehead atoms. The minimum absolute atomic E-state index is 0.975. The molecule has 0 saturated carbocycles. The molecule has 0 unspecified atom stereocenters. The fourth-order valence-electron chi connectivity index (χ4n) is 2.07. The molecule has 2 aromatic carbocycles. The summed E-state index contributed by atoms with van der Waals surface area (Å²) < 4.78 is 0. The Labute approximate surface area is 99.6 Å². The Morgan fingerprint density at radius 1 is 0.750 bits per heavy atom. The van der Waals surface area contributed by atoms with Gasteiger partial charge in [-0.3, -0.25) is 0 Å². The summed E-state index contributed by atoms with van der Waals surface area (Å²) in [5, 5.41) is 3.07. The quantitative estimate of drug-likeness (QED) is 0.689. The monoisotopic (exact) mass is 226 g/mol. The minimum Gasteiger partial charge on any atom is -0.0642 e. The van der Waals surface area contributed by atoms with Crippen LogP contribution in [0.15, 0.2) is 48.5 Å². The molecule has 0 aromatic heterocycles. The molecule has 16 heavy (non-hydrogen) atoms. The highest BCUT2D eigenvalue weighted by Gasteiger charge is 2.09. The molecule has 0 atom stereocenters. The van der Waals surface area contributed by atoms with Crippen LogP contribution in [0.1, 0.15) is 11.1 Å². The maximum absolute atomic E-state index is 2.41. The van der Waals surface area contributed by atoms with Gasteiger partial charge < -0.3 is 0 Å². The molecule has 0 amide bonds. The Morgan fingerprint density at radius 2 is 1.19 bits per heavy atom. The topological polar surface area (TPSA) is 0 Å². The number of rotatable bonds is 2. The van der Waals surface area contributed by atoms with Gasteiger partial charge in [-0.2, -0.15) is 0 Å². The van der Waals surface area contributed by atoms with Crippen molar-refractivity contribution in [3.63, 3.8) is 0 Å². The zero-order valence-electron chi connectivity index (χ0n) is 10.2. The lowest BCUT2D eigenvalue weighted by molar-refractivity contribution is 1.48. The van der Waals surface area contributed by atoms with Gasteiger partial charge in [0.2, 0.25) is 0 Å². The zero-order valence-corrected chi connectivity index (χ0v) is 11.4. The van der Waals surface area contributed by atoms with Crippen LogP contribution in [0.4, 0.5) is 0 Å². The van der Waals surface area contributed by atoms with Crippen LogP contribution in [0.2, 0.25) is 6.55 Å². The molecule has 0 fully saturated rings. The third kappa shape index (κ3) is 2.42. The van der Waals surface area contributed by atoms with Crippen molar-refractivity contribution in [1.82, 2.24) is 0 Å². The molecule has 0 aliphatic carbocycles. The Kier molecular flexibility index (Phi) is 3.25. The van der Waals surface area contributed by atoms with Gasteiger partial charge in [0.1, 0.15) is 0 Å². The number of hydrogen-bond acceptors (Lipinski definition) is 0. The van der Waals surface area contributed by atoms with Crippen LogP contribution in [0.25, 0.3) is 0 Å². The average molecular weight is 226 g/mol. The molecule has 0 saturated heterocycles. The van der Waals surface area contributed by atoms with Crippen LogP contribution in [-0.2, 0) is 0 Å². The molecule has 2 aromatic rings. The Morgan fingerprint density at radius 3 is 1.56 bits per heavy atom. The van der Waals surface area contributed by atoms with E-state index < -0.39 is 8.80 Å². The number of hydrogen-bond donors (Lipinski definition) is 0. The van der Waals surface area contributed by atoms with Crippen molar-refractivity contribution in [2.75, 3.05) is 0 Å². The fourth-order valence-corrected chi connectivity index (χ4v) is 4.28. The van der Waals surface area contributed by atoms with Crippen molar-refractivity contribution in [2.24, 2.45) is 0 Å². The molecule has 82 valence electrons. The summed E-state index contributed by atoms with van der Waals surface area (Å²) in [6.45, 7) is 6.74. The van der Waals surface area contributed by atoms with Gasteiger partial charge >= 0.3 is 0 Å². The fraction of sp³-hybridized carbons (Fsp3) is 0.200. The lowest BCUT2D eigenvalue weighted by atomic mass is 10.2. The lowest BCUT2D eigenvalue weighted by Gasteiger charge is -2.12. The summed E-state index contributed by atoms with van der Waals surface area (Å²) in [5.41, 5.74) is 2.73. The van der Waals surface area contributed by atoms with E-state index in [2.05, 4.69) is 68.9 Å². The molecule has 0 radical (unpaired) electrons. The molecular formula is C15H18Si. The molecule has 0 heterocycles. The average Bonchev–Trinajstić information content (AvgIpc) is 2.28. The van der Waals surface area contributed by atoms with Crippen molar-refractivity contribution in [2.45, 2.75) is 20.4 Å². The third-order valence-electron chi connectivity index (χ3n) is 3.08. The van der Waals surface area contributed by atoms with E-state index in [1.165, 1.54) is 21.5 Å². The van der Waals surface area contributed by atoms with Gasteiger partial charge in [0.05, 0.1) is 8.80 Å². The van der Waals surface area contributed by atoms with Gasteiger partial charge in [0.25, 0.3) is 0 Å². The highest BCUT2D eigenvalue weighted by molar-refractivity contribution is 6.84. The van der Waals surface area contributed by atoms with Crippen LogP contribution in [0.5, 0.6) is 0 Å². The van der Waals surface area contributed by atoms with Gasteiger partial charge in [-0.05, 0) is 13.8 Å². The third-order valence-corrected chi connectivity index (χ3v) is 5.80. The van der Waals surface area contributed by atoms with E-state index in [1.54, 1.807) is 0 Å². The highest BCUT2D eigenvalue weighted by atomic mass is 28.3. The largest absolute Gasteiger partial charge is 0.0997 e. The summed E-state index contributed by atoms with van der Waals surface area (Å²) in [6, 6.07) is 17.9. The van der Waals surface area contributed by atoms with Crippen LogP contribution in [0.3, 0.4) is 0 Å². The summed E-state index contributed by atoms with van der Waals surface area (Å²) >= 11 is 0. The van der Waals surface area contributed by atoms with Gasteiger partial charge in [-0.25, -0.2) is 0 Å². The van der Waals surface area contributed by atoms with Crippen LogP contribution in [-0.4, -0.2) is 8.80 Å². The van der Waals surface area contributed by atoms with E-state index in [9.17, 15) is 0 Å². The second-order valence-corrected chi connectivity index (χ2v) is 7.33. The lowest BCUT2D eigenvalue weighted by Crippen LogP contribution is -2.39. The molecule has 2 rings (SSSR count). The first-order valence-electron chi connectivity index (χ1n) is 5.80. The highest BCUT2D eigenvalue weighted by Crippen LogP contribution is 1.99. The number of benzene rings is 2. The summed E-state index contributed by atoms with van der Waals surface area (Å²) in [7, 11) is -0.975. The first-order chi connectivity index (χ1) is 7.66. The predicted molar refractivity (Wildman–Crippen MR) is 74.6 cm³/mol. The van der Waals surface area contributed by atoms with E-state index >= 15 is 0 Å². The van der Waals surface area contributed by atoms with Crippen molar-refractivity contribution >= 4 is 19.2 Å². The second-order valence-electron chi connectivity index (χ2n) is 4.55. The summed E-state index contributed by atoms with van der Waals surface area (Å²) in [4.78, 5) is 0. The second kappa shape index (κ2) is 4.66. The zero-order chi connectivity index (χ0) is 11.5. The van der Waals surface area contributed by atoms with Crippen LogP contribution >= 0.6 is 0 Å². The Bertz CT molecular complexity index is 443. The summed E-state index contributed by atoms with van der Waals surface area (Å²) in [5.74, 6) is 0. The maximum Gasteiger partial charge on any atom is 0.0997 e.